The van der Waals surface area contributed by atoms with Crippen molar-refractivity contribution in [2.75, 3.05) is 32.1 Å². The predicted molar refractivity (Wildman–Crippen MR) is 134 cm³/mol. The van der Waals surface area contributed by atoms with Crippen LogP contribution in [0.3, 0.4) is 0 Å². The lowest BCUT2D eigenvalue weighted by Gasteiger charge is -2.20. The van der Waals surface area contributed by atoms with Crippen molar-refractivity contribution in [1.82, 2.24) is 14.9 Å². The van der Waals surface area contributed by atoms with Crippen molar-refractivity contribution in [2.24, 2.45) is 5.92 Å². The maximum Gasteiger partial charge on any atom is 0.303 e. The lowest BCUT2D eigenvalue weighted by molar-refractivity contribution is -0.137. The summed E-state index contributed by atoms with van der Waals surface area (Å²) >= 11 is 0. The van der Waals surface area contributed by atoms with Gasteiger partial charge in [-0.05, 0) is 74.5 Å². The molecule has 0 radical (unpaired) electrons. The molecule has 1 fully saturated rings. The molecule has 4 rings (SSSR count). The van der Waals surface area contributed by atoms with Crippen LogP contribution in [0.4, 0.5) is 5.82 Å². The molecule has 2 atom stereocenters. The largest absolute Gasteiger partial charge is 0.481 e. The van der Waals surface area contributed by atoms with Crippen LogP contribution in [0.1, 0.15) is 66.8 Å². The number of aliphatic carboxylic acids is 1. The summed E-state index contributed by atoms with van der Waals surface area (Å²) in [5.74, 6) is 0.679. The summed E-state index contributed by atoms with van der Waals surface area (Å²) in [5, 5.41) is 12.8. The van der Waals surface area contributed by atoms with Gasteiger partial charge in [0.15, 0.2) is 0 Å². The number of carbonyl (C=O) groups is 2. The van der Waals surface area contributed by atoms with Gasteiger partial charge < -0.3 is 20.1 Å². The fourth-order valence-corrected chi connectivity index (χ4v) is 5.27. The second-order valence-electron chi connectivity index (χ2n) is 9.71. The van der Waals surface area contributed by atoms with Crippen molar-refractivity contribution in [2.45, 2.75) is 64.2 Å². The van der Waals surface area contributed by atoms with E-state index in [1.807, 2.05) is 11.0 Å². The van der Waals surface area contributed by atoms with Gasteiger partial charge in [-0.15, -0.1) is 0 Å². The summed E-state index contributed by atoms with van der Waals surface area (Å²) in [6.45, 7) is 4.62. The molecule has 2 aromatic heterocycles. The number of likely N-dealkylation sites (tertiary alicyclic amines) is 1. The second kappa shape index (κ2) is 11.5. The smallest absolute Gasteiger partial charge is 0.303 e. The minimum atomic E-state index is -0.841. The van der Waals surface area contributed by atoms with E-state index in [0.717, 1.165) is 68.8 Å². The van der Waals surface area contributed by atoms with Crippen LogP contribution >= 0.6 is 0 Å². The number of carboxylic acids is 1. The molecule has 1 amide bonds. The number of rotatable bonds is 11. The normalized spacial score (nSPS) is 18.2. The van der Waals surface area contributed by atoms with E-state index in [2.05, 4.69) is 23.3 Å². The third-order valence-electron chi connectivity index (χ3n) is 7.29. The van der Waals surface area contributed by atoms with Gasteiger partial charge in [0.25, 0.3) is 0 Å². The number of aromatic nitrogens is 2. The number of amides is 1. The van der Waals surface area contributed by atoms with Crippen LogP contribution in [0, 0.1) is 12.8 Å². The molecule has 35 heavy (non-hydrogen) atoms. The number of pyridine rings is 2. The summed E-state index contributed by atoms with van der Waals surface area (Å²) in [6, 6.07) is 5.88. The molecular formula is C27H36N4O4. The van der Waals surface area contributed by atoms with Crippen LogP contribution in [-0.2, 0) is 22.4 Å². The van der Waals surface area contributed by atoms with E-state index in [1.54, 1.807) is 19.4 Å². The molecule has 0 saturated carbocycles. The number of fused-ring (bicyclic) bond motifs is 1. The first-order valence-electron chi connectivity index (χ1n) is 12.7. The molecular weight excluding hydrogens is 444 g/mol. The molecule has 8 nitrogen and oxygen atoms in total. The maximum atomic E-state index is 13.0. The molecule has 2 aliphatic heterocycles. The summed E-state index contributed by atoms with van der Waals surface area (Å²) in [5.41, 5.74) is 4.53. The maximum absolute atomic E-state index is 13.0. The summed E-state index contributed by atoms with van der Waals surface area (Å²) in [7, 11) is 1.55. The number of hydrogen-bond donors (Lipinski definition) is 2. The van der Waals surface area contributed by atoms with E-state index >= 15 is 0 Å². The number of carboxylic acid groups (broad SMARTS) is 1. The number of ether oxygens (including phenoxy) is 1. The Balaban J connectivity index is 1.28. The number of carbonyl (C=O) groups excluding carboxylic acids is 1. The standard InChI is InChI=1S/C27H36N4O4/c1-18-15-21-5-3-12-28-26(21)30-23(18)6-4-13-31-14-11-19(27(31)34)7-8-20(16-25(32)33)22-9-10-24(35-2)29-17-22/h9-10,15,17,19-20H,3-8,11-14,16H2,1-2H3,(H,28,30)(H,32,33)/t19?,20-/m0/s1. The first-order chi connectivity index (χ1) is 16.9. The summed E-state index contributed by atoms with van der Waals surface area (Å²) < 4.78 is 5.10. The Hall–Kier alpha value is -3.16. The zero-order valence-corrected chi connectivity index (χ0v) is 20.8. The molecule has 0 aliphatic carbocycles. The third kappa shape index (κ3) is 6.29. The second-order valence-corrected chi connectivity index (χ2v) is 9.71. The molecule has 2 aliphatic rings. The fraction of sp³-hybridized carbons (Fsp3) is 0.556. The highest BCUT2D eigenvalue weighted by Crippen LogP contribution is 2.31. The molecule has 4 heterocycles. The van der Waals surface area contributed by atoms with Gasteiger partial charge in [-0.3, -0.25) is 9.59 Å². The lowest BCUT2D eigenvalue weighted by atomic mass is 9.88. The van der Waals surface area contributed by atoms with Gasteiger partial charge in [0.05, 0.1) is 13.5 Å². The zero-order chi connectivity index (χ0) is 24.8. The Morgan fingerprint density at radius 3 is 2.97 bits per heavy atom. The SMILES string of the molecule is COc1ccc([C@@H](CCC2CCN(CCCc3nc4c(cc3C)CCCN4)C2=O)CC(=O)O)cn1. The molecule has 2 aromatic rings. The first-order valence-corrected chi connectivity index (χ1v) is 12.7. The zero-order valence-electron chi connectivity index (χ0n) is 20.8. The fourth-order valence-electron chi connectivity index (χ4n) is 5.27. The average Bonchev–Trinajstić information content (AvgIpc) is 3.21. The van der Waals surface area contributed by atoms with Crippen molar-refractivity contribution in [3.05, 3.63) is 46.8 Å². The Kier molecular flexibility index (Phi) is 8.21. The van der Waals surface area contributed by atoms with E-state index in [1.165, 1.54) is 11.1 Å². The number of nitrogens with zero attached hydrogens (tertiary/aromatic N) is 3. The topological polar surface area (TPSA) is 105 Å². The average molecular weight is 481 g/mol. The molecule has 1 saturated heterocycles. The van der Waals surface area contributed by atoms with Gasteiger partial charge >= 0.3 is 5.97 Å². The van der Waals surface area contributed by atoms with E-state index in [-0.39, 0.29) is 24.2 Å². The molecule has 1 unspecified atom stereocenters. The molecule has 0 spiro atoms. The Labute approximate surface area is 207 Å². The first kappa shape index (κ1) is 24.9. The number of nitrogens with one attached hydrogen (secondary N) is 1. The summed E-state index contributed by atoms with van der Waals surface area (Å²) in [6.07, 6.45) is 7.88. The van der Waals surface area contributed by atoms with Gasteiger partial charge in [-0.25, -0.2) is 9.97 Å². The highest BCUT2D eigenvalue weighted by atomic mass is 16.5. The lowest BCUT2D eigenvalue weighted by Crippen LogP contribution is -2.29. The third-order valence-corrected chi connectivity index (χ3v) is 7.29. The highest BCUT2D eigenvalue weighted by molar-refractivity contribution is 5.80. The van der Waals surface area contributed by atoms with E-state index in [4.69, 9.17) is 9.72 Å². The van der Waals surface area contributed by atoms with Crippen LogP contribution < -0.4 is 10.1 Å². The molecule has 0 bridgehead atoms. The van der Waals surface area contributed by atoms with Crippen LogP contribution in [0.5, 0.6) is 5.88 Å². The Bertz CT molecular complexity index is 1040. The number of hydrogen-bond acceptors (Lipinski definition) is 6. The van der Waals surface area contributed by atoms with E-state index in [0.29, 0.717) is 18.7 Å². The summed E-state index contributed by atoms with van der Waals surface area (Å²) in [4.78, 5) is 35.5. The molecule has 0 aromatic carbocycles. The van der Waals surface area contributed by atoms with Crippen LogP contribution in [-0.4, -0.2) is 58.6 Å². The predicted octanol–water partition coefficient (Wildman–Crippen LogP) is 3.97. The van der Waals surface area contributed by atoms with E-state index in [9.17, 15) is 14.7 Å². The number of anilines is 1. The van der Waals surface area contributed by atoms with Crippen LogP contribution in [0.25, 0.3) is 0 Å². The van der Waals surface area contributed by atoms with Gasteiger partial charge in [-0.1, -0.05) is 12.1 Å². The quantitative estimate of drug-likeness (QED) is 0.501. The van der Waals surface area contributed by atoms with Crippen molar-refractivity contribution in [1.29, 1.82) is 0 Å². The van der Waals surface area contributed by atoms with Crippen molar-refractivity contribution in [3.63, 3.8) is 0 Å². The highest BCUT2D eigenvalue weighted by Gasteiger charge is 2.32. The van der Waals surface area contributed by atoms with Gasteiger partial charge in [-0.2, -0.15) is 0 Å². The number of aryl methyl sites for hydroxylation is 3. The van der Waals surface area contributed by atoms with Crippen LogP contribution in [0.15, 0.2) is 24.4 Å². The minimum Gasteiger partial charge on any atom is -0.481 e. The molecule has 2 N–H and O–H groups in total. The van der Waals surface area contributed by atoms with Gasteiger partial charge in [0.2, 0.25) is 11.8 Å². The van der Waals surface area contributed by atoms with Crippen molar-refractivity contribution < 1.29 is 19.4 Å². The van der Waals surface area contributed by atoms with Crippen molar-refractivity contribution in [3.8, 4) is 5.88 Å². The van der Waals surface area contributed by atoms with E-state index < -0.39 is 5.97 Å². The van der Waals surface area contributed by atoms with Crippen LogP contribution in [0.2, 0.25) is 0 Å². The minimum absolute atomic E-state index is 0.0284. The van der Waals surface area contributed by atoms with Crippen molar-refractivity contribution >= 4 is 17.7 Å². The molecule has 8 heteroatoms. The molecule has 188 valence electrons. The number of methoxy groups -OCH3 is 1. The van der Waals surface area contributed by atoms with Gasteiger partial charge in [0, 0.05) is 43.5 Å². The Morgan fingerprint density at radius 2 is 2.23 bits per heavy atom. The van der Waals surface area contributed by atoms with Gasteiger partial charge in [0.1, 0.15) is 5.82 Å². The Morgan fingerprint density at radius 1 is 1.37 bits per heavy atom. The monoisotopic (exact) mass is 480 g/mol.